The molecule has 0 unspecified atom stereocenters. The zero-order valence-electron chi connectivity index (χ0n) is 13.6. The van der Waals surface area contributed by atoms with Crippen molar-refractivity contribution in [2.45, 2.75) is 51.6 Å². The summed E-state index contributed by atoms with van der Waals surface area (Å²) in [5, 5.41) is 3.15. The summed E-state index contributed by atoms with van der Waals surface area (Å²) < 4.78 is 2.14. The van der Waals surface area contributed by atoms with E-state index in [-0.39, 0.29) is 23.8 Å². The molecule has 2 amide bonds. The Bertz CT molecular complexity index is 635. The standard InChI is InChI=1S/C17H24N4O2/c1-11-7-20-10-14(4-5-15(20)18-11)19-17(23)13-6-16(22)21(9-13)8-12-2-3-12/h7,12-14H,2-6,8-10H2,1H3,(H,19,23)/t13-,14+/m0/s1. The summed E-state index contributed by atoms with van der Waals surface area (Å²) in [6.07, 6.45) is 6.71. The molecule has 1 aromatic rings. The molecule has 1 aromatic heterocycles. The van der Waals surface area contributed by atoms with Gasteiger partial charge < -0.3 is 14.8 Å². The van der Waals surface area contributed by atoms with E-state index in [9.17, 15) is 9.59 Å². The van der Waals surface area contributed by atoms with Crippen molar-refractivity contribution in [2.24, 2.45) is 11.8 Å². The summed E-state index contributed by atoms with van der Waals surface area (Å²) >= 11 is 0. The number of aromatic nitrogens is 2. The molecule has 0 bridgehead atoms. The number of rotatable bonds is 4. The van der Waals surface area contributed by atoms with E-state index in [2.05, 4.69) is 14.9 Å². The number of hydrogen-bond acceptors (Lipinski definition) is 3. The molecule has 1 saturated carbocycles. The van der Waals surface area contributed by atoms with Gasteiger partial charge in [0.25, 0.3) is 0 Å². The van der Waals surface area contributed by atoms with Crippen LogP contribution in [0.5, 0.6) is 0 Å². The molecule has 2 fully saturated rings. The van der Waals surface area contributed by atoms with Crippen LogP contribution in [0.2, 0.25) is 0 Å². The number of likely N-dealkylation sites (tertiary alicyclic amines) is 1. The van der Waals surface area contributed by atoms with Crippen LogP contribution >= 0.6 is 0 Å². The molecule has 1 saturated heterocycles. The molecule has 0 spiro atoms. The van der Waals surface area contributed by atoms with Crippen molar-refractivity contribution in [3.05, 3.63) is 17.7 Å². The Balaban J connectivity index is 1.32. The van der Waals surface area contributed by atoms with Crippen LogP contribution in [0, 0.1) is 18.8 Å². The normalized spacial score (nSPS) is 27.2. The van der Waals surface area contributed by atoms with E-state index >= 15 is 0 Å². The van der Waals surface area contributed by atoms with Gasteiger partial charge in [0.2, 0.25) is 11.8 Å². The van der Waals surface area contributed by atoms with Gasteiger partial charge in [-0.25, -0.2) is 4.98 Å². The monoisotopic (exact) mass is 316 g/mol. The first kappa shape index (κ1) is 14.7. The summed E-state index contributed by atoms with van der Waals surface area (Å²) in [6, 6.07) is 0.149. The number of nitrogens with one attached hydrogen (secondary N) is 1. The largest absolute Gasteiger partial charge is 0.351 e. The molecule has 4 rings (SSSR count). The Morgan fingerprint density at radius 2 is 2.17 bits per heavy atom. The Morgan fingerprint density at radius 1 is 1.35 bits per heavy atom. The van der Waals surface area contributed by atoms with Gasteiger partial charge in [0, 0.05) is 44.7 Å². The fraction of sp³-hybridized carbons (Fsp3) is 0.706. The Labute approximate surface area is 136 Å². The van der Waals surface area contributed by atoms with Gasteiger partial charge in [0.15, 0.2) is 0 Å². The lowest BCUT2D eigenvalue weighted by atomic mass is 10.0. The maximum atomic E-state index is 12.5. The summed E-state index contributed by atoms with van der Waals surface area (Å²) in [5.74, 6) is 1.81. The predicted molar refractivity (Wildman–Crippen MR) is 84.6 cm³/mol. The van der Waals surface area contributed by atoms with Crippen LogP contribution < -0.4 is 5.32 Å². The molecule has 3 heterocycles. The third kappa shape index (κ3) is 3.12. The lowest BCUT2D eigenvalue weighted by Gasteiger charge is -2.26. The number of fused-ring (bicyclic) bond motifs is 1. The minimum Gasteiger partial charge on any atom is -0.351 e. The van der Waals surface area contributed by atoms with E-state index in [1.807, 2.05) is 18.0 Å². The van der Waals surface area contributed by atoms with Crippen molar-refractivity contribution in [3.63, 3.8) is 0 Å². The lowest BCUT2D eigenvalue weighted by Crippen LogP contribution is -2.44. The van der Waals surface area contributed by atoms with Crippen LogP contribution in [-0.2, 0) is 22.6 Å². The van der Waals surface area contributed by atoms with Crippen LogP contribution in [0.1, 0.15) is 37.2 Å². The van der Waals surface area contributed by atoms with E-state index in [0.717, 1.165) is 37.4 Å². The van der Waals surface area contributed by atoms with Gasteiger partial charge in [0.05, 0.1) is 11.6 Å². The number of carbonyl (C=O) groups is 2. The molecule has 0 aromatic carbocycles. The van der Waals surface area contributed by atoms with Crippen molar-refractivity contribution >= 4 is 11.8 Å². The highest BCUT2D eigenvalue weighted by atomic mass is 16.2. The van der Waals surface area contributed by atoms with Gasteiger partial charge in [-0.05, 0) is 32.1 Å². The van der Waals surface area contributed by atoms with Crippen molar-refractivity contribution in [1.82, 2.24) is 19.8 Å². The molecule has 6 heteroatoms. The second-order valence-corrected chi connectivity index (χ2v) is 7.34. The summed E-state index contributed by atoms with van der Waals surface area (Å²) in [7, 11) is 0. The first-order valence-corrected chi connectivity index (χ1v) is 8.69. The maximum Gasteiger partial charge on any atom is 0.225 e. The molecular weight excluding hydrogens is 292 g/mol. The van der Waals surface area contributed by atoms with Gasteiger partial charge in [-0.15, -0.1) is 0 Å². The second-order valence-electron chi connectivity index (χ2n) is 7.34. The van der Waals surface area contributed by atoms with E-state index < -0.39 is 0 Å². The number of nitrogens with zero attached hydrogens (tertiary/aromatic N) is 3. The summed E-state index contributed by atoms with van der Waals surface area (Å²) in [5.41, 5.74) is 1.03. The average molecular weight is 316 g/mol. The third-order valence-corrected chi connectivity index (χ3v) is 5.22. The van der Waals surface area contributed by atoms with E-state index in [4.69, 9.17) is 0 Å². The predicted octanol–water partition coefficient (Wildman–Crippen LogP) is 0.881. The number of hydrogen-bond donors (Lipinski definition) is 1. The van der Waals surface area contributed by atoms with Gasteiger partial charge >= 0.3 is 0 Å². The fourth-order valence-corrected chi connectivity index (χ4v) is 3.76. The molecule has 124 valence electrons. The third-order valence-electron chi connectivity index (χ3n) is 5.22. The summed E-state index contributed by atoms with van der Waals surface area (Å²) in [4.78, 5) is 30.9. The first-order chi connectivity index (χ1) is 11.1. The molecule has 6 nitrogen and oxygen atoms in total. The number of imidazole rings is 1. The number of carbonyl (C=O) groups excluding carboxylic acids is 2. The SMILES string of the molecule is Cc1cn2c(n1)CC[C@@H](NC(=O)[C@H]1CC(=O)N(CC3CC3)C1)C2. The summed E-state index contributed by atoms with van der Waals surface area (Å²) in [6.45, 7) is 4.24. The zero-order chi connectivity index (χ0) is 16.0. The molecule has 1 N–H and O–H groups in total. The lowest BCUT2D eigenvalue weighted by molar-refractivity contribution is -0.129. The average Bonchev–Trinajstić information content (AvgIpc) is 3.13. The van der Waals surface area contributed by atoms with Gasteiger partial charge in [-0.1, -0.05) is 0 Å². The van der Waals surface area contributed by atoms with Gasteiger partial charge in [-0.3, -0.25) is 9.59 Å². The van der Waals surface area contributed by atoms with Crippen LogP contribution in [0.4, 0.5) is 0 Å². The fourth-order valence-electron chi connectivity index (χ4n) is 3.76. The second kappa shape index (κ2) is 5.65. The Morgan fingerprint density at radius 3 is 2.96 bits per heavy atom. The molecule has 1 aliphatic carbocycles. The Kier molecular flexibility index (Phi) is 3.62. The zero-order valence-corrected chi connectivity index (χ0v) is 13.6. The highest BCUT2D eigenvalue weighted by Crippen LogP contribution is 2.32. The highest BCUT2D eigenvalue weighted by molar-refractivity contribution is 5.89. The van der Waals surface area contributed by atoms with Gasteiger partial charge in [-0.2, -0.15) is 0 Å². The molecule has 2 atom stereocenters. The van der Waals surface area contributed by atoms with E-state index in [0.29, 0.717) is 18.9 Å². The van der Waals surface area contributed by atoms with Crippen LogP contribution in [-0.4, -0.2) is 45.4 Å². The first-order valence-electron chi connectivity index (χ1n) is 8.69. The molecular formula is C17H24N4O2. The van der Waals surface area contributed by atoms with Gasteiger partial charge in [0.1, 0.15) is 5.82 Å². The van der Waals surface area contributed by atoms with Crippen LogP contribution in [0.3, 0.4) is 0 Å². The van der Waals surface area contributed by atoms with E-state index in [1.165, 1.54) is 12.8 Å². The minimum absolute atomic E-state index is 0.0435. The molecule has 3 aliphatic rings. The van der Waals surface area contributed by atoms with Crippen LogP contribution in [0.15, 0.2) is 6.20 Å². The quantitative estimate of drug-likeness (QED) is 0.897. The molecule has 2 aliphatic heterocycles. The van der Waals surface area contributed by atoms with Crippen molar-refractivity contribution in [2.75, 3.05) is 13.1 Å². The number of amides is 2. The van der Waals surface area contributed by atoms with Crippen LogP contribution in [0.25, 0.3) is 0 Å². The Hall–Kier alpha value is -1.85. The maximum absolute atomic E-state index is 12.5. The van der Waals surface area contributed by atoms with Crippen molar-refractivity contribution in [3.8, 4) is 0 Å². The van der Waals surface area contributed by atoms with E-state index in [1.54, 1.807) is 0 Å². The number of aryl methyl sites for hydroxylation is 2. The molecule has 23 heavy (non-hydrogen) atoms. The van der Waals surface area contributed by atoms with Crippen molar-refractivity contribution < 1.29 is 9.59 Å². The van der Waals surface area contributed by atoms with Crippen molar-refractivity contribution in [1.29, 1.82) is 0 Å². The highest BCUT2D eigenvalue weighted by Gasteiger charge is 2.37. The smallest absolute Gasteiger partial charge is 0.225 e. The minimum atomic E-state index is -0.174. The molecule has 0 radical (unpaired) electrons. The topological polar surface area (TPSA) is 67.2 Å².